The van der Waals surface area contributed by atoms with E-state index in [0.29, 0.717) is 16.8 Å². The quantitative estimate of drug-likeness (QED) is 0.824. The first kappa shape index (κ1) is 18.7. The molecule has 132 valence electrons. The van der Waals surface area contributed by atoms with Crippen LogP contribution in [-0.4, -0.2) is 31.2 Å². The molecule has 0 aromatic heterocycles. The third-order valence-electron chi connectivity index (χ3n) is 3.77. The van der Waals surface area contributed by atoms with Gasteiger partial charge in [-0.1, -0.05) is 19.1 Å². The van der Waals surface area contributed by atoms with E-state index in [1.807, 2.05) is 0 Å². The summed E-state index contributed by atoms with van der Waals surface area (Å²) >= 11 is 0. The number of carbonyl (C=O) groups excluding carboxylic acids is 1. The molecule has 0 heterocycles. The number of carboxylic acids is 1. The predicted octanol–water partition coefficient (Wildman–Crippen LogP) is 2.67. The average Bonchev–Trinajstić information content (AvgIpc) is 2.57. The lowest BCUT2D eigenvalue weighted by atomic mass is 10.1. The zero-order valence-corrected chi connectivity index (χ0v) is 14.8. The summed E-state index contributed by atoms with van der Waals surface area (Å²) in [6, 6.07) is 10.7. The molecule has 0 spiro atoms. The zero-order valence-electron chi connectivity index (χ0n) is 13.9. The molecule has 7 heteroatoms. The largest absolute Gasteiger partial charge is 0.478 e. The van der Waals surface area contributed by atoms with Crippen molar-refractivity contribution in [3.05, 3.63) is 59.2 Å². The first-order valence-electron chi connectivity index (χ1n) is 7.68. The Morgan fingerprint density at radius 3 is 2.24 bits per heavy atom. The topological polar surface area (TPSA) is 101 Å². The third kappa shape index (κ3) is 4.67. The second-order valence-corrected chi connectivity index (χ2v) is 7.89. The molecule has 2 rings (SSSR count). The molecule has 0 bridgehead atoms. The highest BCUT2D eigenvalue weighted by molar-refractivity contribution is 7.91. The van der Waals surface area contributed by atoms with Gasteiger partial charge in [0.1, 0.15) is 0 Å². The molecule has 0 aliphatic rings. The number of aryl methyl sites for hydroxylation is 1. The number of hydrogen-bond donors (Lipinski definition) is 2. The van der Waals surface area contributed by atoms with Gasteiger partial charge in [0, 0.05) is 5.69 Å². The van der Waals surface area contributed by atoms with Crippen LogP contribution in [0.4, 0.5) is 5.69 Å². The summed E-state index contributed by atoms with van der Waals surface area (Å²) in [6.45, 7) is 3.29. The van der Waals surface area contributed by atoms with Gasteiger partial charge in [0.15, 0.2) is 9.84 Å². The number of sulfone groups is 1. The van der Waals surface area contributed by atoms with E-state index in [2.05, 4.69) is 5.32 Å². The molecular formula is C18H19NO5S. The van der Waals surface area contributed by atoms with Gasteiger partial charge < -0.3 is 10.4 Å². The smallest absolute Gasteiger partial charge is 0.335 e. The molecule has 25 heavy (non-hydrogen) atoms. The molecule has 2 aromatic carbocycles. The number of aromatic carboxylic acids is 1. The van der Waals surface area contributed by atoms with Gasteiger partial charge in [-0.25, -0.2) is 13.2 Å². The van der Waals surface area contributed by atoms with Gasteiger partial charge in [-0.2, -0.15) is 0 Å². The van der Waals surface area contributed by atoms with Crippen molar-refractivity contribution in [1.82, 2.24) is 0 Å². The summed E-state index contributed by atoms with van der Waals surface area (Å²) in [5, 5.41) is 11.7. The van der Waals surface area contributed by atoms with E-state index < -0.39 is 15.8 Å². The van der Waals surface area contributed by atoms with Crippen molar-refractivity contribution in [2.45, 2.75) is 25.2 Å². The molecule has 0 radical (unpaired) electrons. The number of hydrogen-bond acceptors (Lipinski definition) is 4. The maximum Gasteiger partial charge on any atom is 0.335 e. The van der Waals surface area contributed by atoms with E-state index >= 15 is 0 Å². The minimum absolute atomic E-state index is 0.0262. The van der Waals surface area contributed by atoms with Crippen molar-refractivity contribution in [3.8, 4) is 0 Å². The van der Waals surface area contributed by atoms with Crippen LogP contribution in [0.5, 0.6) is 0 Å². The monoisotopic (exact) mass is 361 g/mol. The van der Waals surface area contributed by atoms with Crippen LogP contribution in [0.2, 0.25) is 0 Å². The standard InChI is InChI=1S/C18H19NO5S/c1-3-25(23,24)15-7-4-13(5-8-15)11-17(20)19-16-9-6-14(18(21)22)10-12(16)2/h4-10H,3,11H2,1-2H3,(H,19,20)(H,21,22). The predicted molar refractivity (Wildman–Crippen MR) is 94.6 cm³/mol. The molecule has 0 saturated heterocycles. The van der Waals surface area contributed by atoms with Crippen LogP contribution in [0.15, 0.2) is 47.4 Å². The number of carbonyl (C=O) groups is 2. The van der Waals surface area contributed by atoms with Gasteiger partial charge in [-0.05, 0) is 48.4 Å². The number of nitrogens with one attached hydrogen (secondary N) is 1. The Balaban J connectivity index is 2.07. The fourth-order valence-corrected chi connectivity index (χ4v) is 3.18. The van der Waals surface area contributed by atoms with Gasteiger partial charge in [0.2, 0.25) is 5.91 Å². The van der Waals surface area contributed by atoms with Crippen LogP contribution >= 0.6 is 0 Å². The van der Waals surface area contributed by atoms with Crippen molar-refractivity contribution in [3.63, 3.8) is 0 Å². The van der Waals surface area contributed by atoms with E-state index in [0.717, 1.165) is 0 Å². The summed E-state index contributed by atoms with van der Waals surface area (Å²) in [6.07, 6.45) is 0.0899. The van der Waals surface area contributed by atoms with E-state index in [1.165, 1.54) is 24.3 Å². The summed E-state index contributed by atoms with van der Waals surface area (Å²) in [4.78, 5) is 23.3. The van der Waals surface area contributed by atoms with E-state index in [-0.39, 0.29) is 28.5 Å². The normalized spacial score (nSPS) is 11.1. The summed E-state index contributed by atoms with van der Waals surface area (Å²) in [7, 11) is -3.26. The highest BCUT2D eigenvalue weighted by atomic mass is 32.2. The summed E-state index contributed by atoms with van der Waals surface area (Å²) in [5.74, 6) is -1.27. The molecule has 6 nitrogen and oxygen atoms in total. The van der Waals surface area contributed by atoms with E-state index in [4.69, 9.17) is 5.11 Å². The molecule has 0 unspecified atom stereocenters. The Kier molecular flexibility index (Phi) is 5.58. The number of amides is 1. The minimum atomic E-state index is -3.26. The van der Waals surface area contributed by atoms with Crippen LogP contribution in [0.25, 0.3) is 0 Å². The highest BCUT2D eigenvalue weighted by Crippen LogP contribution is 2.18. The van der Waals surface area contributed by atoms with E-state index in [9.17, 15) is 18.0 Å². The molecule has 0 saturated carbocycles. The highest BCUT2D eigenvalue weighted by Gasteiger charge is 2.12. The Morgan fingerprint density at radius 2 is 1.72 bits per heavy atom. The lowest BCUT2D eigenvalue weighted by Crippen LogP contribution is -2.15. The molecule has 1 amide bonds. The summed E-state index contributed by atoms with van der Waals surface area (Å²) in [5.41, 5.74) is 2.04. The Hall–Kier alpha value is -2.67. The fraction of sp³-hybridized carbons (Fsp3) is 0.222. The van der Waals surface area contributed by atoms with Gasteiger partial charge >= 0.3 is 5.97 Å². The van der Waals surface area contributed by atoms with Gasteiger partial charge in [-0.15, -0.1) is 0 Å². The van der Waals surface area contributed by atoms with Crippen molar-refractivity contribution in [1.29, 1.82) is 0 Å². The second-order valence-electron chi connectivity index (χ2n) is 5.61. The first-order chi connectivity index (χ1) is 11.7. The molecule has 0 fully saturated rings. The van der Waals surface area contributed by atoms with Crippen LogP contribution < -0.4 is 5.32 Å². The molecule has 2 aromatic rings. The number of rotatable bonds is 6. The van der Waals surface area contributed by atoms with Crippen molar-refractivity contribution < 1.29 is 23.1 Å². The molecule has 0 aliphatic carbocycles. The number of carboxylic acid groups (broad SMARTS) is 1. The Morgan fingerprint density at radius 1 is 1.08 bits per heavy atom. The third-order valence-corrected chi connectivity index (χ3v) is 5.53. The van der Waals surface area contributed by atoms with Crippen LogP contribution in [0.3, 0.4) is 0 Å². The lowest BCUT2D eigenvalue weighted by molar-refractivity contribution is -0.115. The minimum Gasteiger partial charge on any atom is -0.478 e. The Labute approximate surface area is 146 Å². The van der Waals surface area contributed by atoms with Crippen molar-refractivity contribution in [2.75, 3.05) is 11.1 Å². The molecular weight excluding hydrogens is 342 g/mol. The number of anilines is 1. The maximum atomic E-state index is 12.1. The van der Waals surface area contributed by atoms with Crippen molar-refractivity contribution in [2.24, 2.45) is 0 Å². The zero-order chi connectivity index (χ0) is 18.6. The Bertz CT molecular complexity index is 902. The summed E-state index contributed by atoms with van der Waals surface area (Å²) < 4.78 is 23.5. The van der Waals surface area contributed by atoms with Crippen LogP contribution in [0.1, 0.15) is 28.4 Å². The second kappa shape index (κ2) is 7.48. The maximum absolute atomic E-state index is 12.1. The average molecular weight is 361 g/mol. The number of benzene rings is 2. The van der Waals surface area contributed by atoms with Gasteiger partial charge in [0.05, 0.1) is 22.6 Å². The van der Waals surface area contributed by atoms with Gasteiger partial charge in [0.25, 0.3) is 0 Å². The molecule has 2 N–H and O–H groups in total. The fourth-order valence-electron chi connectivity index (χ4n) is 2.30. The first-order valence-corrected chi connectivity index (χ1v) is 9.33. The molecule has 0 aliphatic heterocycles. The SMILES string of the molecule is CCS(=O)(=O)c1ccc(CC(=O)Nc2ccc(C(=O)O)cc2C)cc1. The van der Waals surface area contributed by atoms with Crippen molar-refractivity contribution >= 4 is 27.4 Å². The molecule has 0 atom stereocenters. The van der Waals surface area contributed by atoms with E-state index in [1.54, 1.807) is 32.0 Å². The lowest BCUT2D eigenvalue weighted by Gasteiger charge is -2.09. The van der Waals surface area contributed by atoms with Crippen LogP contribution in [-0.2, 0) is 21.1 Å². The van der Waals surface area contributed by atoms with Crippen LogP contribution in [0, 0.1) is 6.92 Å². The van der Waals surface area contributed by atoms with Gasteiger partial charge in [-0.3, -0.25) is 4.79 Å².